The summed E-state index contributed by atoms with van der Waals surface area (Å²) < 4.78 is 49.8. The Morgan fingerprint density at radius 1 is 1.15 bits per heavy atom. The summed E-state index contributed by atoms with van der Waals surface area (Å²) in [4.78, 5) is 15.3. The summed E-state index contributed by atoms with van der Waals surface area (Å²) in [7, 11) is -6.50. The van der Waals surface area contributed by atoms with Gasteiger partial charge in [0.15, 0.2) is 9.84 Å². The maximum atomic E-state index is 12.8. The summed E-state index contributed by atoms with van der Waals surface area (Å²) >= 11 is 1.44. The third kappa shape index (κ3) is 4.29. The van der Waals surface area contributed by atoms with E-state index in [1.54, 1.807) is 4.90 Å². The summed E-state index contributed by atoms with van der Waals surface area (Å²) in [6.07, 6.45) is 2.57. The highest BCUT2D eigenvalue weighted by molar-refractivity contribution is 7.91. The van der Waals surface area contributed by atoms with E-state index in [-0.39, 0.29) is 24.1 Å². The second-order valence-corrected chi connectivity index (χ2v) is 12.2. The number of piperidine rings is 1. The van der Waals surface area contributed by atoms with Gasteiger partial charge < -0.3 is 4.90 Å². The number of sulfonamides is 1. The SMILES string of the molecule is CS(=O)(=O)N1CCC(C(=O)N2CCC(c3cccs3)S(=O)(=O)CC2)CC1. The summed E-state index contributed by atoms with van der Waals surface area (Å²) in [5, 5.41) is 1.33. The van der Waals surface area contributed by atoms with Crippen LogP contribution in [0.4, 0.5) is 0 Å². The molecule has 1 aromatic heterocycles. The Balaban J connectivity index is 1.65. The molecule has 2 aliphatic rings. The molecule has 1 atom stereocenters. The highest BCUT2D eigenvalue weighted by atomic mass is 32.2. The van der Waals surface area contributed by atoms with E-state index in [0.717, 1.165) is 4.88 Å². The van der Waals surface area contributed by atoms with Crippen LogP contribution in [0, 0.1) is 5.92 Å². The molecule has 0 bridgehead atoms. The molecule has 0 N–H and O–H groups in total. The molecule has 7 nitrogen and oxygen atoms in total. The Hall–Kier alpha value is -0.970. The molecule has 3 rings (SSSR count). The molecular weight excluding hydrogens is 396 g/mol. The lowest BCUT2D eigenvalue weighted by Gasteiger charge is -2.32. The molecule has 26 heavy (non-hydrogen) atoms. The normalized spacial score (nSPS) is 25.7. The molecule has 2 aliphatic heterocycles. The van der Waals surface area contributed by atoms with Crippen LogP contribution in [0.5, 0.6) is 0 Å². The molecule has 1 amide bonds. The third-order valence-electron chi connectivity index (χ3n) is 5.18. The van der Waals surface area contributed by atoms with Crippen LogP contribution in [0.2, 0.25) is 0 Å². The molecule has 2 fully saturated rings. The van der Waals surface area contributed by atoms with E-state index < -0.39 is 25.1 Å². The summed E-state index contributed by atoms with van der Waals surface area (Å²) in [6, 6.07) is 3.68. The lowest BCUT2D eigenvalue weighted by molar-refractivity contribution is -0.136. The van der Waals surface area contributed by atoms with Crippen LogP contribution in [0.25, 0.3) is 0 Å². The summed E-state index contributed by atoms with van der Waals surface area (Å²) in [5.74, 6) is -0.294. The van der Waals surface area contributed by atoms with Gasteiger partial charge in [0.1, 0.15) is 0 Å². The fraction of sp³-hybridized carbons (Fsp3) is 0.688. The first-order valence-electron chi connectivity index (χ1n) is 8.67. The monoisotopic (exact) mass is 420 g/mol. The summed E-state index contributed by atoms with van der Waals surface area (Å²) in [5.41, 5.74) is 0. The number of carbonyl (C=O) groups excluding carboxylic acids is 1. The van der Waals surface area contributed by atoms with Crippen LogP contribution >= 0.6 is 11.3 Å². The van der Waals surface area contributed by atoms with Crippen LogP contribution in [0.15, 0.2) is 17.5 Å². The van der Waals surface area contributed by atoms with Crippen molar-refractivity contribution in [3.63, 3.8) is 0 Å². The molecule has 0 aliphatic carbocycles. The number of hydrogen-bond acceptors (Lipinski definition) is 6. The van der Waals surface area contributed by atoms with Crippen molar-refractivity contribution in [3.05, 3.63) is 22.4 Å². The summed E-state index contributed by atoms with van der Waals surface area (Å²) in [6.45, 7) is 1.33. The predicted octanol–water partition coefficient (Wildman–Crippen LogP) is 1.11. The van der Waals surface area contributed by atoms with Gasteiger partial charge in [0, 0.05) is 37.0 Å². The maximum absolute atomic E-state index is 12.8. The first-order chi connectivity index (χ1) is 12.2. The quantitative estimate of drug-likeness (QED) is 0.730. The number of carbonyl (C=O) groups is 1. The molecule has 0 radical (unpaired) electrons. The number of rotatable bonds is 3. The fourth-order valence-corrected chi connectivity index (χ4v) is 7.53. The minimum Gasteiger partial charge on any atom is -0.341 e. The van der Waals surface area contributed by atoms with Crippen LogP contribution in [-0.4, -0.2) is 70.1 Å². The Morgan fingerprint density at radius 3 is 2.42 bits per heavy atom. The Labute approximate surface area is 159 Å². The van der Waals surface area contributed by atoms with E-state index in [1.807, 2.05) is 17.5 Å². The lowest BCUT2D eigenvalue weighted by atomic mass is 9.96. The van der Waals surface area contributed by atoms with E-state index in [2.05, 4.69) is 0 Å². The van der Waals surface area contributed by atoms with Crippen molar-refractivity contribution >= 4 is 37.1 Å². The third-order valence-corrected chi connectivity index (χ3v) is 9.73. The van der Waals surface area contributed by atoms with Crippen molar-refractivity contribution in [2.24, 2.45) is 5.92 Å². The molecule has 146 valence electrons. The van der Waals surface area contributed by atoms with E-state index in [1.165, 1.54) is 21.9 Å². The fourth-order valence-electron chi connectivity index (χ4n) is 3.65. The molecule has 2 saturated heterocycles. The smallest absolute Gasteiger partial charge is 0.225 e. The van der Waals surface area contributed by atoms with Gasteiger partial charge in [0.25, 0.3) is 0 Å². The molecule has 1 aromatic rings. The van der Waals surface area contributed by atoms with E-state index >= 15 is 0 Å². The zero-order valence-electron chi connectivity index (χ0n) is 14.7. The van der Waals surface area contributed by atoms with Gasteiger partial charge in [-0.3, -0.25) is 4.79 Å². The van der Waals surface area contributed by atoms with Gasteiger partial charge in [-0.2, -0.15) is 0 Å². The van der Waals surface area contributed by atoms with E-state index in [4.69, 9.17) is 0 Å². The van der Waals surface area contributed by atoms with Gasteiger partial charge in [-0.1, -0.05) is 6.07 Å². The zero-order valence-corrected chi connectivity index (χ0v) is 17.2. The van der Waals surface area contributed by atoms with E-state index in [0.29, 0.717) is 38.9 Å². The topological polar surface area (TPSA) is 91.8 Å². The molecule has 3 heterocycles. The van der Waals surface area contributed by atoms with E-state index in [9.17, 15) is 21.6 Å². The number of nitrogens with zero attached hydrogens (tertiary/aromatic N) is 2. The van der Waals surface area contributed by atoms with Crippen LogP contribution in [-0.2, 0) is 24.7 Å². The molecule has 0 spiro atoms. The van der Waals surface area contributed by atoms with Gasteiger partial charge in [0.05, 0.1) is 17.3 Å². The van der Waals surface area contributed by atoms with Gasteiger partial charge in [-0.15, -0.1) is 11.3 Å². The van der Waals surface area contributed by atoms with Crippen molar-refractivity contribution in [1.82, 2.24) is 9.21 Å². The number of hydrogen-bond donors (Lipinski definition) is 0. The second-order valence-electron chi connectivity index (χ2n) is 6.92. The molecular formula is C16H24N2O5S3. The largest absolute Gasteiger partial charge is 0.341 e. The average molecular weight is 421 g/mol. The number of thiophene rings is 1. The van der Waals surface area contributed by atoms with Gasteiger partial charge in [-0.05, 0) is 30.7 Å². The minimum atomic E-state index is -3.28. The highest BCUT2D eigenvalue weighted by Gasteiger charge is 2.36. The molecule has 0 saturated carbocycles. The standard InChI is InChI=1S/C16H24N2O5S3/c1-25(20,21)18-8-4-13(5-9-18)16(19)17-7-6-15(14-3-2-11-24-14)26(22,23)12-10-17/h2-3,11,13,15H,4-10,12H2,1H3. The second kappa shape index (κ2) is 7.57. The van der Waals surface area contributed by atoms with Crippen molar-refractivity contribution in [1.29, 1.82) is 0 Å². The van der Waals surface area contributed by atoms with Crippen molar-refractivity contribution < 1.29 is 21.6 Å². The van der Waals surface area contributed by atoms with Gasteiger partial charge >= 0.3 is 0 Å². The minimum absolute atomic E-state index is 0.0243. The first-order valence-corrected chi connectivity index (χ1v) is 13.1. The number of sulfone groups is 1. The van der Waals surface area contributed by atoms with Crippen LogP contribution < -0.4 is 0 Å². The Kier molecular flexibility index (Phi) is 5.76. The molecule has 1 unspecified atom stereocenters. The maximum Gasteiger partial charge on any atom is 0.225 e. The van der Waals surface area contributed by atoms with Crippen LogP contribution in [0.3, 0.4) is 0 Å². The Bertz CT molecular complexity index is 840. The predicted molar refractivity (Wildman–Crippen MR) is 101 cm³/mol. The van der Waals surface area contributed by atoms with Gasteiger partial charge in [0.2, 0.25) is 15.9 Å². The van der Waals surface area contributed by atoms with Gasteiger partial charge in [-0.25, -0.2) is 21.1 Å². The van der Waals surface area contributed by atoms with Crippen molar-refractivity contribution in [3.8, 4) is 0 Å². The number of amides is 1. The Morgan fingerprint density at radius 2 is 1.85 bits per heavy atom. The zero-order chi connectivity index (χ0) is 18.9. The first kappa shape index (κ1) is 19.8. The van der Waals surface area contributed by atoms with Crippen molar-refractivity contribution in [2.75, 3.05) is 38.2 Å². The van der Waals surface area contributed by atoms with Crippen molar-refractivity contribution in [2.45, 2.75) is 24.5 Å². The van der Waals surface area contributed by atoms with Crippen LogP contribution in [0.1, 0.15) is 29.4 Å². The highest BCUT2D eigenvalue weighted by Crippen LogP contribution is 2.33. The molecule has 0 aromatic carbocycles. The lowest BCUT2D eigenvalue weighted by Crippen LogP contribution is -2.44. The molecule has 10 heteroatoms. The average Bonchev–Trinajstić information content (AvgIpc) is 3.05.